The van der Waals surface area contributed by atoms with E-state index in [1.165, 1.54) is 12.1 Å². The third kappa shape index (κ3) is 3.37. The van der Waals surface area contributed by atoms with Gasteiger partial charge in [-0.25, -0.2) is 0 Å². The predicted molar refractivity (Wildman–Crippen MR) is 78.7 cm³/mol. The van der Waals surface area contributed by atoms with E-state index in [2.05, 4.69) is 5.32 Å². The van der Waals surface area contributed by atoms with Crippen molar-refractivity contribution in [3.05, 3.63) is 39.9 Å². The lowest BCUT2D eigenvalue weighted by molar-refractivity contribution is -0.385. The molecule has 0 aliphatic carbocycles. The number of amides is 1. The van der Waals surface area contributed by atoms with Crippen LogP contribution in [0.2, 0.25) is 0 Å². The first-order chi connectivity index (χ1) is 9.90. The average Bonchev–Trinajstić information content (AvgIpc) is 2.80. The standard InChI is InChI=1S/C14H20N4O3/c1-10(9-16(2)3)17-13(19)8-15-14(17)11-5-4-6-12(7-11)18(20)21/h4-7,10,14-15H,8-9H2,1-3H3. The summed E-state index contributed by atoms with van der Waals surface area (Å²) < 4.78 is 0. The Labute approximate surface area is 123 Å². The van der Waals surface area contributed by atoms with Crippen LogP contribution in [0.15, 0.2) is 24.3 Å². The minimum Gasteiger partial charge on any atom is -0.318 e. The van der Waals surface area contributed by atoms with E-state index in [0.717, 1.165) is 12.1 Å². The number of benzene rings is 1. The molecular formula is C14H20N4O3. The number of carbonyl (C=O) groups excluding carboxylic acids is 1. The van der Waals surface area contributed by atoms with Crippen LogP contribution in [0.3, 0.4) is 0 Å². The van der Waals surface area contributed by atoms with E-state index in [1.54, 1.807) is 17.0 Å². The average molecular weight is 292 g/mol. The summed E-state index contributed by atoms with van der Waals surface area (Å²) in [5.41, 5.74) is 0.773. The Morgan fingerprint density at radius 3 is 2.86 bits per heavy atom. The lowest BCUT2D eigenvalue weighted by Crippen LogP contribution is -2.43. The molecule has 2 atom stereocenters. The van der Waals surface area contributed by atoms with Crippen LogP contribution in [0.1, 0.15) is 18.7 Å². The zero-order valence-electron chi connectivity index (χ0n) is 12.4. The summed E-state index contributed by atoms with van der Waals surface area (Å²) in [7, 11) is 3.90. The molecule has 0 bridgehead atoms. The fourth-order valence-corrected chi connectivity index (χ4v) is 2.72. The summed E-state index contributed by atoms with van der Waals surface area (Å²) in [6.07, 6.45) is -0.313. The summed E-state index contributed by atoms with van der Waals surface area (Å²) in [5, 5.41) is 14.0. The maximum absolute atomic E-state index is 12.1. The molecular weight excluding hydrogens is 272 g/mol. The number of carbonyl (C=O) groups is 1. The second-order valence-corrected chi connectivity index (χ2v) is 5.55. The monoisotopic (exact) mass is 292 g/mol. The molecule has 1 aliphatic heterocycles. The minimum atomic E-state index is -0.423. The summed E-state index contributed by atoms with van der Waals surface area (Å²) in [4.78, 5) is 26.4. The number of nitro groups is 1. The fraction of sp³-hybridized carbons (Fsp3) is 0.500. The van der Waals surface area contributed by atoms with Crippen molar-refractivity contribution >= 4 is 11.6 Å². The molecule has 1 aromatic carbocycles. The van der Waals surface area contributed by atoms with Crippen LogP contribution in [0.25, 0.3) is 0 Å². The number of nitrogens with one attached hydrogen (secondary N) is 1. The Bertz CT molecular complexity index is 547. The molecule has 0 aromatic heterocycles. The van der Waals surface area contributed by atoms with Crippen molar-refractivity contribution in [2.75, 3.05) is 27.2 Å². The third-order valence-corrected chi connectivity index (χ3v) is 3.51. The quantitative estimate of drug-likeness (QED) is 0.646. The van der Waals surface area contributed by atoms with E-state index >= 15 is 0 Å². The van der Waals surface area contributed by atoms with Crippen LogP contribution in [-0.4, -0.2) is 53.9 Å². The van der Waals surface area contributed by atoms with Crippen LogP contribution in [0.4, 0.5) is 5.69 Å². The van der Waals surface area contributed by atoms with Gasteiger partial charge in [0.05, 0.1) is 11.5 Å². The molecule has 1 amide bonds. The van der Waals surface area contributed by atoms with Gasteiger partial charge in [-0.1, -0.05) is 12.1 Å². The highest BCUT2D eigenvalue weighted by Gasteiger charge is 2.35. The van der Waals surface area contributed by atoms with Gasteiger partial charge in [-0.3, -0.25) is 20.2 Å². The van der Waals surface area contributed by atoms with Crippen molar-refractivity contribution in [2.24, 2.45) is 0 Å². The number of nitrogens with zero attached hydrogens (tertiary/aromatic N) is 3. The van der Waals surface area contributed by atoms with E-state index in [9.17, 15) is 14.9 Å². The van der Waals surface area contributed by atoms with Gasteiger partial charge in [0.25, 0.3) is 5.69 Å². The second kappa shape index (κ2) is 6.19. The smallest absolute Gasteiger partial charge is 0.269 e. The first-order valence-electron chi connectivity index (χ1n) is 6.83. The highest BCUT2D eigenvalue weighted by atomic mass is 16.6. The molecule has 1 aromatic rings. The molecule has 0 radical (unpaired) electrons. The summed E-state index contributed by atoms with van der Waals surface area (Å²) in [5.74, 6) is 0.0147. The second-order valence-electron chi connectivity index (χ2n) is 5.55. The van der Waals surface area contributed by atoms with Gasteiger partial charge in [0.1, 0.15) is 6.17 Å². The highest BCUT2D eigenvalue weighted by molar-refractivity contribution is 5.81. The maximum Gasteiger partial charge on any atom is 0.269 e. The van der Waals surface area contributed by atoms with Crippen molar-refractivity contribution in [2.45, 2.75) is 19.1 Å². The van der Waals surface area contributed by atoms with E-state index in [4.69, 9.17) is 0 Å². The molecule has 2 unspecified atom stereocenters. The van der Waals surface area contributed by atoms with Gasteiger partial charge in [0, 0.05) is 24.7 Å². The molecule has 114 valence electrons. The number of nitro benzene ring substituents is 1. The van der Waals surface area contributed by atoms with E-state index in [-0.39, 0.29) is 30.3 Å². The third-order valence-electron chi connectivity index (χ3n) is 3.51. The minimum absolute atomic E-state index is 0.0147. The first kappa shape index (κ1) is 15.4. The van der Waals surface area contributed by atoms with Gasteiger partial charge >= 0.3 is 0 Å². The summed E-state index contributed by atoms with van der Waals surface area (Å²) in [6, 6.07) is 6.44. The van der Waals surface area contributed by atoms with E-state index in [0.29, 0.717) is 0 Å². The van der Waals surface area contributed by atoms with Crippen LogP contribution in [0.5, 0.6) is 0 Å². The van der Waals surface area contributed by atoms with Crippen LogP contribution in [-0.2, 0) is 4.79 Å². The molecule has 1 heterocycles. The predicted octanol–water partition coefficient (Wildman–Crippen LogP) is 0.975. The molecule has 1 saturated heterocycles. The topological polar surface area (TPSA) is 78.7 Å². The Balaban J connectivity index is 2.27. The van der Waals surface area contributed by atoms with Crippen molar-refractivity contribution < 1.29 is 9.72 Å². The Morgan fingerprint density at radius 1 is 1.52 bits per heavy atom. The van der Waals surface area contributed by atoms with Gasteiger partial charge < -0.3 is 9.80 Å². The number of hydrogen-bond acceptors (Lipinski definition) is 5. The summed E-state index contributed by atoms with van der Waals surface area (Å²) >= 11 is 0. The Hall–Kier alpha value is -1.99. The van der Waals surface area contributed by atoms with Crippen molar-refractivity contribution in [3.63, 3.8) is 0 Å². The van der Waals surface area contributed by atoms with Gasteiger partial charge in [-0.15, -0.1) is 0 Å². The van der Waals surface area contributed by atoms with Crippen molar-refractivity contribution in [1.29, 1.82) is 0 Å². The van der Waals surface area contributed by atoms with Crippen LogP contribution >= 0.6 is 0 Å². The van der Waals surface area contributed by atoms with Gasteiger partial charge in [0.2, 0.25) is 5.91 Å². The van der Waals surface area contributed by atoms with Crippen LogP contribution in [0, 0.1) is 10.1 Å². The Kier molecular flexibility index (Phi) is 4.54. The van der Waals surface area contributed by atoms with Gasteiger partial charge in [-0.05, 0) is 26.6 Å². The normalized spacial score (nSPS) is 20.1. The molecule has 1 aliphatic rings. The zero-order chi connectivity index (χ0) is 15.6. The highest BCUT2D eigenvalue weighted by Crippen LogP contribution is 2.27. The number of rotatable bonds is 5. The SMILES string of the molecule is CC(CN(C)C)N1C(=O)CNC1c1cccc([N+](=O)[O-])c1. The molecule has 2 rings (SSSR count). The number of non-ortho nitro benzene ring substituents is 1. The fourth-order valence-electron chi connectivity index (χ4n) is 2.72. The largest absolute Gasteiger partial charge is 0.318 e. The van der Waals surface area contributed by atoms with Crippen LogP contribution < -0.4 is 5.32 Å². The lowest BCUT2D eigenvalue weighted by atomic mass is 10.1. The molecule has 21 heavy (non-hydrogen) atoms. The molecule has 7 heteroatoms. The number of hydrogen-bond donors (Lipinski definition) is 1. The van der Waals surface area contributed by atoms with Gasteiger partial charge in [0.15, 0.2) is 0 Å². The molecule has 0 spiro atoms. The zero-order valence-corrected chi connectivity index (χ0v) is 12.4. The molecule has 7 nitrogen and oxygen atoms in total. The molecule has 0 saturated carbocycles. The number of likely N-dealkylation sites (N-methyl/N-ethyl adjacent to an activating group) is 1. The van der Waals surface area contributed by atoms with Crippen molar-refractivity contribution in [1.82, 2.24) is 15.1 Å². The molecule has 1 fully saturated rings. The maximum atomic E-state index is 12.1. The lowest BCUT2D eigenvalue weighted by Gasteiger charge is -2.32. The van der Waals surface area contributed by atoms with Gasteiger partial charge in [-0.2, -0.15) is 0 Å². The summed E-state index contributed by atoms with van der Waals surface area (Å²) in [6.45, 7) is 2.97. The first-order valence-corrected chi connectivity index (χ1v) is 6.83. The Morgan fingerprint density at radius 2 is 2.24 bits per heavy atom. The molecule has 1 N–H and O–H groups in total. The van der Waals surface area contributed by atoms with E-state index < -0.39 is 4.92 Å². The van der Waals surface area contributed by atoms with Crippen molar-refractivity contribution in [3.8, 4) is 0 Å². The van der Waals surface area contributed by atoms with E-state index in [1.807, 2.05) is 25.9 Å².